The zero-order valence-corrected chi connectivity index (χ0v) is 17.7. The van der Waals surface area contributed by atoms with Crippen LogP contribution in [0.1, 0.15) is 19.8 Å². The van der Waals surface area contributed by atoms with Crippen molar-refractivity contribution in [2.75, 3.05) is 32.1 Å². The maximum absolute atomic E-state index is 13.4. The molecule has 3 aromatic rings. The summed E-state index contributed by atoms with van der Waals surface area (Å²) >= 11 is 5.84. The molecule has 0 spiro atoms. The van der Waals surface area contributed by atoms with Crippen molar-refractivity contribution in [1.82, 2.24) is 14.9 Å². The average molecular weight is 431 g/mol. The number of hydrogen-bond acceptors (Lipinski definition) is 6. The Morgan fingerprint density at radius 3 is 2.70 bits per heavy atom. The van der Waals surface area contributed by atoms with Gasteiger partial charge in [-0.1, -0.05) is 18.5 Å². The molecule has 6 nitrogen and oxygen atoms in total. The predicted molar refractivity (Wildman–Crippen MR) is 117 cm³/mol. The van der Waals surface area contributed by atoms with Gasteiger partial charge in [0.2, 0.25) is 5.95 Å². The van der Waals surface area contributed by atoms with E-state index in [0.717, 1.165) is 37.9 Å². The molecule has 0 atom stereocenters. The number of piperidine rings is 1. The van der Waals surface area contributed by atoms with E-state index in [1.807, 2.05) is 12.1 Å². The first-order valence-corrected chi connectivity index (χ1v) is 10.4. The van der Waals surface area contributed by atoms with E-state index in [9.17, 15) is 4.39 Å². The summed E-state index contributed by atoms with van der Waals surface area (Å²) in [5, 5.41) is 3.92. The minimum atomic E-state index is -0.473. The number of nitrogens with one attached hydrogen (secondary N) is 1. The molecule has 1 N–H and O–H groups in total. The smallest absolute Gasteiger partial charge is 0.227 e. The summed E-state index contributed by atoms with van der Waals surface area (Å²) in [6.45, 7) is 5.34. The Balaban J connectivity index is 1.54. The van der Waals surface area contributed by atoms with Crippen LogP contribution in [-0.4, -0.2) is 47.7 Å². The highest BCUT2D eigenvalue weighted by molar-refractivity contribution is 6.31. The molecule has 1 aromatic heterocycles. The monoisotopic (exact) mass is 430 g/mol. The third kappa shape index (κ3) is 4.57. The van der Waals surface area contributed by atoms with E-state index in [1.165, 1.54) is 12.1 Å². The molecule has 1 saturated heterocycles. The molecule has 2 aromatic carbocycles. The van der Waals surface area contributed by atoms with Crippen LogP contribution >= 0.6 is 11.6 Å². The van der Waals surface area contributed by atoms with Gasteiger partial charge in [-0.15, -0.1) is 0 Å². The van der Waals surface area contributed by atoms with E-state index in [1.54, 1.807) is 19.4 Å². The molecule has 4 rings (SSSR count). The molecule has 0 radical (unpaired) electrons. The van der Waals surface area contributed by atoms with Crippen molar-refractivity contribution in [2.45, 2.75) is 25.9 Å². The Bertz CT molecular complexity index is 1040. The number of halogens is 2. The number of aromatic nitrogens is 2. The van der Waals surface area contributed by atoms with Gasteiger partial charge in [0.25, 0.3) is 0 Å². The summed E-state index contributed by atoms with van der Waals surface area (Å²) in [5.74, 6) is 1.25. The quantitative estimate of drug-likeness (QED) is 0.591. The van der Waals surface area contributed by atoms with E-state index in [2.05, 4.69) is 27.1 Å². The summed E-state index contributed by atoms with van der Waals surface area (Å²) in [5.41, 5.74) is 1.32. The third-order valence-electron chi connectivity index (χ3n) is 5.32. The fourth-order valence-electron chi connectivity index (χ4n) is 3.58. The second-order valence-corrected chi connectivity index (χ2v) is 7.67. The first-order valence-electron chi connectivity index (χ1n) is 10.0. The average Bonchev–Trinajstić information content (AvgIpc) is 2.76. The lowest BCUT2D eigenvalue weighted by atomic mass is 10.1. The van der Waals surface area contributed by atoms with Crippen molar-refractivity contribution in [3.05, 3.63) is 47.4 Å². The number of nitrogens with zero attached hydrogens (tertiary/aromatic N) is 3. The zero-order valence-electron chi connectivity index (χ0n) is 17.0. The van der Waals surface area contributed by atoms with Crippen LogP contribution in [0.25, 0.3) is 10.9 Å². The van der Waals surface area contributed by atoms with Gasteiger partial charge in [-0.05, 0) is 43.7 Å². The second-order valence-electron chi connectivity index (χ2n) is 7.26. The van der Waals surface area contributed by atoms with Crippen molar-refractivity contribution < 1.29 is 13.9 Å². The van der Waals surface area contributed by atoms with E-state index in [-0.39, 0.29) is 11.1 Å². The topological polar surface area (TPSA) is 59.5 Å². The largest absolute Gasteiger partial charge is 0.493 e. The Kier molecular flexibility index (Phi) is 6.20. The van der Waals surface area contributed by atoms with Crippen LogP contribution in [0.3, 0.4) is 0 Å². The number of likely N-dealkylation sites (tertiary alicyclic amines) is 1. The molecule has 1 fully saturated rings. The Hall–Kier alpha value is -2.64. The van der Waals surface area contributed by atoms with Gasteiger partial charge in [-0.25, -0.2) is 14.4 Å². The number of rotatable bonds is 6. The molecular formula is C22H24ClFN4O2. The van der Waals surface area contributed by atoms with Crippen molar-refractivity contribution >= 4 is 34.1 Å². The van der Waals surface area contributed by atoms with Gasteiger partial charge in [0.1, 0.15) is 11.9 Å². The van der Waals surface area contributed by atoms with E-state index in [4.69, 9.17) is 21.1 Å². The number of fused-ring (bicyclic) bond motifs is 1. The first kappa shape index (κ1) is 20.6. The molecular weight excluding hydrogens is 407 g/mol. The molecule has 0 unspecified atom stereocenters. The molecule has 0 saturated carbocycles. The predicted octanol–water partition coefficient (Wildman–Crippen LogP) is 5.04. The molecule has 0 aliphatic carbocycles. The molecule has 0 bridgehead atoms. The summed E-state index contributed by atoms with van der Waals surface area (Å²) < 4.78 is 25.2. The van der Waals surface area contributed by atoms with E-state index in [0.29, 0.717) is 28.7 Å². The first-order chi connectivity index (χ1) is 14.6. The fourth-order valence-corrected chi connectivity index (χ4v) is 3.76. The summed E-state index contributed by atoms with van der Waals surface area (Å²) in [6.07, 6.45) is 3.88. The number of hydrogen-bond donors (Lipinski definition) is 1. The Morgan fingerprint density at radius 2 is 2.00 bits per heavy atom. The normalized spacial score (nSPS) is 15.3. The highest BCUT2D eigenvalue weighted by atomic mass is 35.5. The SMILES string of the molecule is CCN1CCC(Oc2cc3cnc(Nc4ccc(F)c(Cl)c4)nc3cc2OC)CC1. The van der Waals surface area contributed by atoms with Gasteiger partial charge in [0.05, 0.1) is 17.6 Å². The second kappa shape index (κ2) is 9.02. The molecule has 30 heavy (non-hydrogen) atoms. The molecule has 2 heterocycles. The van der Waals surface area contributed by atoms with Crippen LogP contribution in [0.2, 0.25) is 5.02 Å². The van der Waals surface area contributed by atoms with Crippen LogP contribution in [0, 0.1) is 5.82 Å². The van der Waals surface area contributed by atoms with E-state index >= 15 is 0 Å². The lowest BCUT2D eigenvalue weighted by Gasteiger charge is -2.31. The Morgan fingerprint density at radius 1 is 1.20 bits per heavy atom. The number of ether oxygens (including phenoxy) is 2. The third-order valence-corrected chi connectivity index (χ3v) is 5.61. The standard InChI is InChI=1S/C22H24ClFN4O2/c1-3-28-8-6-16(7-9-28)30-21-10-14-13-25-22(27-19(14)12-20(21)29-2)26-15-4-5-18(24)17(23)11-15/h4-5,10-13,16H,3,6-9H2,1-2H3,(H,25,26,27). The van der Waals surface area contributed by atoms with Crippen molar-refractivity contribution in [2.24, 2.45) is 0 Å². The lowest BCUT2D eigenvalue weighted by Crippen LogP contribution is -2.38. The zero-order chi connectivity index (χ0) is 21.1. The molecule has 8 heteroatoms. The molecule has 0 amide bonds. The van der Waals surface area contributed by atoms with Crippen LogP contribution < -0.4 is 14.8 Å². The number of benzene rings is 2. The van der Waals surface area contributed by atoms with Gasteiger partial charge in [0, 0.05) is 36.4 Å². The van der Waals surface area contributed by atoms with Gasteiger partial charge in [-0.3, -0.25) is 0 Å². The van der Waals surface area contributed by atoms with Crippen LogP contribution in [0.15, 0.2) is 36.5 Å². The summed E-state index contributed by atoms with van der Waals surface area (Å²) in [4.78, 5) is 11.3. The summed E-state index contributed by atoms with van der Waals surface area (Å²) in [6, 6.07) is 8.13. The van der Waals surface area contributed by atoms with Crippen molar-refractivity contribution in [1.29, 1.82) is 0 Å². The van der Waals surface area contributed by atoms with Gasteiger partial charge >= 0.3 is 0 Å². The van der Waals surface area contributed by atoms with Crippen LogP contribution in [-0.2, 0) is 0 Å². The highest BCUT2D eigenvalue weighted by Gasteiger charge is 2.21. The fraction of sp³-hybridized carbons (Fsp3) is 0.364. The minimum absolute atomic E-state index is 0.0361. The Labute approximate surface area is 180 Å². The van der Waals surface area contributed by atoms with Crippen LogP contribution in [0.4, 0.5) is 16.0 Å². The number of anilines is 2. The van der Waals surface area contributed by atoms with Crippen LogP contribution in [0.5, 0.6) is 11.5 Å². The highest BCUT2D eigenvalue weighted by Crippen LogP contribution is 2.34. The number of methoxy groups -OCH3 is 1. The van der Waals surface area contributed by atoms with Gasteiger partial charge < -0.3 is 19.7 Å². The molecule has 1 aliphatic heterocycles. The van der Waals surface area contributed by atoms with Gasteiger partial charge in [0.15, 0.2) is 11.5 Å². The van der Waals surface area contributed by atoms with Crippen molar-refractivity contribution in [3.8, 4) is 11.5 Å². The lowest BCUT2D eigenvalue weighted by molar-refractivity contribution is 0.101. The maximum atomic E-state index is 13.4. The maximum Gasteiger partial charge on any atom is 0.227 e. The molecule has 1 aliphatic rings. The summed E-state index contributed by atoms with van der Waals surface area (Å²) in [7, 11) is 1.62. The van der Waals surface area contributed by atoms with E-state index < -0.39 is 5.82 Å². The minimum Gasteiger partial charge on any atom is -0.493 e. The van der Waals surface area contributed by atoms with Crippen molar-refractivity contribution in [3.63, 3.8) is 0 Å². The van der Waals surface area contributed by atoms with Gasteiger partial charge in [-0.2, -0.15) is 0 Å². The molecule has 158 valence electrons.